The van der Waals surface area contributed by atoms with E-state index in [1.54, 1.807) is 11.9 Å². The number of piperidine rings is 1. The lowest BCUT2D eigenvalue weighted by molar-refractivity contribution is 0.0587. The van der Waals surface area contributed by atoms with Gasteiger partial charge in [0.25, 0.3) is 5.91 Å². The van der Waals surface area contributed by atoms with Crippen molar-refractivity contribution in [3.8, 4) is 10.6 Å². The summed E-state index contributed by atoms with van der Waals surface area (Å²) in [4.78, 5) is 24.9. The summed E-state index contributed by atoms with van der Waals surface area (Å²) < 4.78 is 45.4. The van der Waals surface area contributed by atoms with Crippen molar-refractivity contribution in [2.45, 2.75) is 37.8 Å². The summed E-state index contributed by atoms with van der Waals surface area (Å²) >= 11 is 1.40. The van der Waals surface area contributed by atoms with E-state index < -0.39 is 21.4 Å². The minimum Gasteiger partial charge on any atom is -0.379 e. The fourth-order valence-electron chi connectivity index (χ4n) is 4.95. The van der Waals surface area contributed by atoms with Crippen molar-refractivity contribution < 1.29 is 22.3 Å². The number of anilines is 1. The Morgan fingerprint density at radius 3 is 2.70 bits per heavy atom. The molecule has 2 aromatic heterocycles. The maximum absolute atomic E-state index is 14.9. The molecule has 0 aliphatic carbocycles. The molecule has 0 saturated carbocycles. The Morgan fingerprint density at radius 2 is 2.06 bits per heavy atom. The predicted octanol–water partition coefficient (Wildman–Crippen LogP) is 2.19. The van der Waals surface area contributed by atoms with Gasteiger partial charge in [-0.15, -0.1) is 11.3 Å². The number of nitrogens with zero attached hydrogens (tertiary/aromatic N) is 4. The number of carbonyl (C=O) groups excluding carboxylic acids is 1. The fraction of sp³-hybridized carbons (Fsp3) is 0.571. The number of hydrogen-bond acceptors (Lipinski definition) is 8. The molecule has 0 unspecified atom stereocenters. The van der Waals surface area contributed by atoms with E-state index in [1.165, 1.54) is 21.9 Å². The lowest BCUT2D eigenvalue weighted by atomic mass is 9.96. The topological polar surface area (TPSA) is 105 Å². The van der Waals surface area contributed by atoms with E-state index in [2.05, 4.69) is 15.3 Å². The van der Waals surface area contributed by atoms with Crippen LogP contribution in [0.25, 0.3) is 10.6 Å². The fourth-order valence-corrected chi connectivity index (χ4v) is 7.35. The van der Waals surface area contributed by atoms with Crippen molar-refractivity contribution in [2.24, 2.45) is 0 Å². The van der Waals surface area contributed by atoms with E-state index in [9.17, 15) is 17.6 Å². The van der Waals surface area contributed by atoms with E-state index in [0.717, 1.165) is 16.6 Å². The van der Waals surface area contributed by atoms with Gasteiger partial charge in [0.05, 0.1) is 29.5 Å². The molecular weight excluding hydrogens is 469 g/mol. The SMILES string of the molecule is Cc1c(-c2nc(NC3CCN(S(C)(=O)=O)CC3)ncc2F)sc2c1C(=O)N(C)[C@]21CCOC1. The van der Waals surface area contributed by atoms with Crippen LogP contribution in [0, 0.1) is 12.7 Å². The Kier molecular flexibility index (Phi) is 5.46. The monoisotopic (exact) mass is 495 g/mol. The number of likely N-dealkylation sites (N-methyl/N-ethyl adjacent to an activating group) is 1. The average Bonchev–Trinajstić information content (AvgIpc) is 3.44. The number of carbonyl (C=O) groups is 1. The Morgan fingerprint density at radius 1 is 1.33 bits per heavy atom. The van der Waals surface area contributed by atoms with Gasteiger partial charge >= 0.3 is 0 Å². The van der Waals surface area contributed by atoms with Crippen LogP contribution in [0.2, 0.25) is 0 Å². The van der Waals surface area contributed by atoms with Crippen LogP contribution >= 0.6 is 11.3 Å². The van der Waals surface area contributed by atoms with E-state index in [0.29, 0.717) is 62.0 Å². The smallest absolute Gasteiger partial charge is 0.255 e. The zero-order chi connectivity index (χ0) is 23.5. The summed E-state index contributed by atoms with van der Waals surface area (Å²) in [5.41, 5.74) is 1.03. The van der Waals surface area contributed by atoms with Gasteiger partial charge < -0.3 is 15.0 Å². The number of halogens is 1. The lowest BCUT2D eigenvalue weighted by Crippen LogP contribution is -2.42. The molecule has 2 aromatic rings. The van der Waals surface area contributed by atoms with Crippen molar-refractivity contribution in [3.05, 3.63) is 28.0 Å². The van der Waals surface area contributed by atoms with Crippen LogP contribution in [0.4, 0.5) is 10.3 Å². The van der Waals surface area contributed by atoms with Gasteiger partial charge in [-0.05, 0) is 25.3 Å². The highest BCUT2D eigenvalue weighted by Crippen LogP contribution is 2.51. The number of nitrogens with one attached hydrogen (secondary N) is 1. The number of sulfonamides is 1. The highest BCUT2D eigenvalue weighted by Gasteiger charge is 2.53. The van der Waals surface area contributed by atoms with Gasteiger partial charge in [0.2, 0.25) is 16.0 Å². The molecule has 3 aliphatic heterocycles. The van der Waals surface area contributed by atoms with Crippen LogP contribution in [0.15, 0.2) is 6.20 Å². The van der Waals surface area contributed by atoms with Crippen molar-refractivity contribution in [1.29, 1.82) is 0 Å². The first kappa shape index (κ1) is 22.6. The molecule has 1 N–H and O–H groups in total. The highest BCUT2D eigenvalue weighted by atomic mass is 32.2. The number of aromatic nitrogens is 2. The van der Waals surface area contributed by atoms with Gasteiger partial charge in [0, 0.05) is 44.1 Å². The van der Waals surface area contributed by atoms with Crippen molar-refractivity contribution >= 4 is 33.2 Å². The van der Waals surface area contributed by atoms with E-state index in [4.69, 9.17) is 4.74 Å². The molecule has 178 valence electrons. The van der Waals surface area contributed by atoms with Gasteiger partial charge in [0.15, 0.2) is 5.82 Å². The Balaban J connectivity index is 1.43. The van der Waals surface area contributed by atoms with Gasteiger partial charge in [0.1, 0.15) is 11.2 Å². The van der Waals surface area contributed by atoms with Gasteiger partial charge in [-0.3, -0.25) is 4.79 Å². The molecule has 5 heterocycles. The van der Waals surface area contributed by atoms with E-state index >= 15 is 0 Å². The summed E-state index contributed by atoms with van der Waals surface area (Å²) in [5.74, 6) is -0.325. The van der Waals surface area contributed by atoms with E-state index in [1.807, 2.05) is 6.92 Å². The summed E-state index contributed by atoms with van der Waals surface area (Å²) in [5, 5.41) is 3.22. The third-order valence-electron chi connectivity index (χ3n) is 6.95. The molecule has 3 aliphatic rings. The highest BCUT2D eigenvalue weighted by molar-refractivity contribution is 7.88. The molecule has 33 heavy (non-hydrogen) atoms. The summed E-state index contributed by atoms with van der Waals surface area (Å²) in [6, 6.07) is -0.00937. The Hall–Kier alpha value is -2.15. The van der Waals surface area contributed by atoms with Crippen molar-refractivity contribution in [2.75, 3.05) is 44.9 Å². The normalized spacial score (nSPS) is 24.1. The number of amides is 1. The first-order valence-electron chi connectivity index (χ1n) is 10.9. The second kappa shape index (κ2) is 7.97. The molecule has 1 amide bonds. The molecule has 0 bridgehead atoms. The largest absolute Gasteiger partial charge is 0.379 e. The van der Waals surface area contributed by atoms with Gasteiger partial charge in [-0.1, -0.05) is 0 Å². The van der Waals surface area contributed by atoms with E-state index in [-0.39, 0.29) is 17.6 Å². The average molecular weight is 496 g/mol. The number of rotatable bonds is 4. The van der Waals surface area contributed by atoms with Crippen molar-refractivity contribution in [3.63, 3.8) is 0 Å². The zero-order valence-electron chi connectivity index (χ0n) is 18.7. The van der Waals surface area contributed by atoms with Crippen LogP contribution in [-0.2, 0) is 20.3 Å². The van der Waals surface area contributed by atoms with Gasteiger partial charge in [-0.25, -0.2) is 27.1 Å². The summed E-state index contributed by atoms with van der Waals surface area (Å²) in [6.07, 6.45) is 4.29. The molecule has 0 aromatic carbocycles. The molecule has 5 rings (SSSR count). The van der Waals surface area contributed by atoms with Crippen LogP contribution in [0.1, 0.15) is 40.1 Å². The molecule has 2 fully saturated rings. The second-order valence-corrected chi connectivity index (χ2v) is 11.9. The zero-order valence-corrected chi connectivity index (χ0v) is 20.4. The quantitative estimate of drug-likeness (QED) is 0.693. The third-order valence-corrected chi connectivity index (χ3v) is 9.74. The number of fused-ring (bicyclic) bond motifs is 2. The number of ether oxygens (including phenoxy) is 1. The van der Waals surface area contributed by atoms with Crippen LogP contribution < -0.4 is 5.32 Å². The minimum atomic E-state index is -3.21. The lowest BCUT2D eigenvalue weighted by Gasteiger charge is -2.30. The summed E-state index contributed by atoms with van der Waals surface area (Å²) in [7, 11) is -1.41. The Bertz CT molecular complexity index is 1220. The van der Waals surface area contributed by atoms with Crippen molar-refractivity contribution in [1.82, 2.24) is 19.2 Å². The van der Waals surface area contributed by atoms with Crippen LogP contribution in [0.5, 0.6) is 0 Å². The maximum Gasteiger partial charge on any atom is 0.255 e. The standard InChI is InChI=1S/C21H26FN5O4S2/c1-12-15-18(21(6-9-31-11-21)26(2)19(15)28)32-17(12)16-14(22)10-23-20(25-16)24-13-4-7-27(8-5-13)33(3,29)30/h10,13H,4-9,11H2,1-3H3,(H,23,24,25)/t21-/m0/s1. The summed E-state index contributed by atoms with van der Waals surface area (Å²) in [6.45, 7) is 3.69. The number of thiophene rings is 1. The molecule has 2 saturated heterocycles. The first-order valence-corrected chi connectivity index (χ1v) is 13.5. The maximum atomic E-state index is 14.9. The molecule has 0 radical (unpaired) electrons. The third kappa shape index (κ3) is 3.63. The van der Waals surface area contributed by atoms with Crippen LogP contribution in [0.3, 0.4) is 0 Å². The Labute approximate surface area is 196 Å². The molecule has 1 spiro atoms. The molecular formula is C21H26FN5O4S2. The predicted molar refractivity (Wildman–Crippen MR) is 122 cm³/mol. The van der Waals surface area contributed by atoms with Crippen LogP contribution in [-0.4, -0.2) is 79.1 Å². The first-order chi connectivity index (χ1) is 15.6. The second-order valence-electron chi connectivity index (χ2n) is 8.93. The number of hydrogen-bond donors (Lipinski definition) is 1. The minimum absolute atomic E-state index is 0.00937. The molecule has 9 nitrogen and oxygen atoms in total. The molecule has 1 atom stereocenters. The molecule has 12 heteroatoms. The van der Waals surface area contributed by atoms with Gasteiger partial charge in [-0.2, -0.15) is 0 Å².